The molecular weight excluding hydrogens is 162 g/mol. The first-order valence-electron chi connectivity index (χ1n) is 3.45. The molecule has 0 amide bonds. The molecule has 1 unspecified atom stereocenters. The van der Waals surface area contributed by atoms with Crippen molar-refractivity contribution in [2.24, 2.45) is 0 Å². The van der Waals surface area contributed by atoms with Crippen molar-refractivity contribution in [2.45, 2.75) is 24.0 Å². The minimum atomic E-state index is 0.206. The summed E-state index contributed by atoms with van der Waals surface area (Å²) in [4.78, 5) is 0. The first-order chi connectivity index (χ1) is 4.83. The number of thioether (sulfide) groups is 1. The zero-order valence-corrected chi connectivity index (χ0v) is 7.55. The van der Waals surface area contributed by atoms with E-state index in [0.29, 0.717) is 6.42 Å². The lowest BCUT2D eigenvalue weighted by Crippen LogP contribution is -2.22. The Bertz CT molecular complexity index is 144. The van der Waals surface area contributed by atoms with E-state index in [4.69, 9.17) is 5.26 Å². The van der Waals surface area contributed by atoms with E-state index >= 15 is 0 Å². The van der Waals surface area contributed by atoms with E-state index in [1.165, 1.54) is 18.6 Å². The molecule has 1 heterocycles. The smallest absolute Gasteiger partial charge is 0.0636 e. The third kappa shape index (κ3) is 1.62. The van der Waals surface area contributed by atoms with Crippen molar-refractivity contribution in [2.75, 3.05) is 11.5 Å². The molecule has 3 heteroatoms. The zero-order chi connectivity index (χ0) is 7.45. The van der Waals surface area contributed by atoms with E-state index in [0.717, 1.165) is 5.75 Å². The molecule has 0 spiro atoms. The van der Waals surface area contributed by atoms with Gasteiger partial charge in [-0.15, -0.1) is 0 Å². The molecule has 0 N–H and O–H groups in total. The molecule has 1 nitrogen and oxygen atoms in total. The maximum Gasteiger partial charge on any atom is 0.0636 e. The summed E-state index contributed by atoms with van der Waals surface area (Å²) in [5.74, 6) is 2.06. The van der Waals surface area contributed by atoms with Crippen molar-refractivity contribution < 1.29 is 0 Å². The fourth-order valence-electron chi connectivity index (χ4n) is 1.22. The number of hydrogen-bond acceptors (Lipinski definition) is 3. The molecule has 0 aromatic carbocycles. The highest BCUT2D eigenvalue weighted by molar-refractivity contribution is 8.01. The molecule has 0 radical (unpaired) electrons. The van der Waals surface area contributed by atoms with Crippen LogP contribution >= 0.6 is 24.4 Å². The Morgan fingerprint density at radius 2 is 2.50 bits per heavy atom. The zero-order valence-electron chi connectivity index (χ0n) is 5.84. The quantitative estimate of drug-likeness (QED) is 0.646. The van der Waals surface area contributed by atoms with Crippen molar-refractivity contribution >= 4 is 24.4 Å². The summed E-state index contributed by atoms with van der Waals surface area (Å²) in [6.07, 6.45) is 3.10. The highest BCUT2D eigenvalue weighted by Gasteiger charge is 2.32. The summed E-state index contributed by atoms with van der Waals surface area (Å²) < 4.78 is 0.206. The molecule has 0 aromatic rings. The van der Waals surface area contributed by atoms with Crippen LogP contribution in [-0.2, 0) is 0 Å². The van der Waals surface area contributed by atoms with Crippen LogP contribution in [0, 0.1) is 11.3 Å². The Labute approximate surface area is 71.6 Å². The second kappa shape index (κ2) is 3.54. The van der Waals surface area contributed by atoms with Crippen LogP contribution in [0.25, 0.3) is 0 Å². The number of rotatable bonds is 2. The molecule has 0 saturated carbocycles. The molecular formula is C7H11NS2. The van der Waals surface area contributed by atoms with Crippen LogP contribution in [-0.4, -0.2) is 16.3 Å². The van der Waals surface area contributed by atoms with Crippen LogP contribution < -0.4 is 0 Å². The average molecular weight is 173 g/mol. The predicted molar refractivity (Wildman–Crippen MR) is 48.5 cm³/mol. The lowest BCUT2D eigenvalue weighted by atomic mass is 10.0. The summed E-state index contributed by atoms with van der Waals surface area (Å²) in [6, 6.07) is 2.23. The van der Waals surface area contributed by atoms with Crippen LogP contribution in [0.4, 0.5) is 0 Å². The standard InChI is InChI=1S/C7H11NS2/c8-4-3-7(6-9)2-1-5-10-7/h9H,1-3,5-6H2. The fraction of sp³-hybridized carbons (Fsp3) is 0.857. The largest absolute Gasteiger partial charge is 0.198 e. The SMILES string of the molecule is N#CCC1(CS)CCCS1. The lowest BCUT2D eigenvalue weighted by molar-refractivity contribution is 0.631. The van der Waals surface area contributed by atoms with Gasteiger partial charge in [0.25, 0.3) is 0 Å². The van der Waals surface area contributed by atoms with Gasteiger partial charge in [-0.2, -0.15) is 29.7 Å². The van der Waals surface area contributed by atoms with Crippen LogP contribution in [0.3, 0.4) is 0 Å². The van der Waals surface area contributed by atoms with Gasteiger partial charge in [0, 0.05) is 10.5 Å². The molecule has 1 aliphatic heterocycles. The van der Waals surface area contributed by atoms with Gasteiger partial charge in [0.15, 0.2) is 0 Å². The summed E-state index contributed by atoms with van der Waals surface area (Å²) in [6.45, 7) is 0. The van der Waals surface area contributed by atoms with Crippen LogP contribution in [0.5, 0.6) is 0 Å². The summed E-state index contributed by atoms with van der Waals surface area (Å²) >= 11 is 6.18. The summed E-state index contributed by atoms with van der Waals surface area (Å²) in [5, 5.41) is 8.53. The topological polar surface area (TPSA) is 23.8 Å². The van der Waals surface area contributed by atoms with Crippen molar-refractivity contribution in [3.63, 3.8) is 0 Å². The molecule has 1 fully saturated rings. The first kappa shape index (κ1) is 8.29. The number of thiol groups is 1. The highest BCUT2D eigenvalue weighted by Crippen LogP contribution is 2.41. The molecule has 10 heavy (non-hydrogen) atoms. The number of nitrogens with zero attached hydrogens (tertiary/aromatic N) is 1. The van der Waals surface area contributed by atoms with Gasteiger partial charge in [-0.3, -0.25) is 0 Å². The Kier molecular flexibility index (Phi) is 2.94. The van der Waals surface area contributed by atoms with Gasteiger partial charge < -0.3 is 0 Å². The van der Waals surface area contributed by atoms with E-state index in [2.05, 4.69) is 18.7 Å². The first-order valence-corrected chi connectivity index (χ1v) is 5.06. The van der Waals surface area contributed by atoms with E-state index < -0.39 is 0 Å². The monoisotopic (exact) mass is 173 g/mol. The van der Waals surface area contributed by atoms with Crippen LogP contribution in [0.2, 0.25) is 0 Å². The van der Waals surface area contributed by atoms with Gasteiger partial charge in [-0.05, 0) is 18.6 Å². The molecule has 1 aliphatic rings. The molecule has 1 saturated heterocycles. The summed E-state index contributed by atoms with van der Waals surface area (Å²) in [5.41, 5.74) is 0. The Morgan fingerprint density at radius 1 is 1.70 bits per heavy atom. The van der Waals surface area contributed by atoms with Gasteiger partial charge in [0.05, 0.1) is 12.5 Å². The van der Waals surface area contributed by atoms with Gasteiger partial charge >= 0.3 is 0 Å². The van der Waals surface area contributed by atoms with E-state index in [9.17, 15) is 0 Å². The van der Waals surface area contributed by atoms with Crippen molar-refractivity contribution in [3.05, 3.63) is 0 Å². The second-order valence-electron chi connectivity index (χ2n) is 2.63. The summed E-state index contributed by atoms with van der Waals surface area (Å²) in [7, 11) is 0. The van der Waals surface area contributed by atoms with Crippen molar-refractivity contribution in [1.82, 2.24) is 0 Å². The van der Waals surface area contributed by atoms with Crippen LogP contribution in [0.15, 0.2) is 0 Å². The van der Waals surface area contributed by atoms with Crippen molar-refractivity contribution in [1.29, 1.82) is 5.26 Å². The van der Waals surface area contributed by atoms with Crippen molar-refractivity contribution in [3.8, 4) is 6.07 Å². The molecule has 0 aromatic heterocycles. The van der Waals surface area contributed by atoms with Crippen LogP contribution in [0.1, 0.15) is 19.3 Å². The average Bonchev–Trinajstić information content (AvgIpc) is 2.39. The lowest BCUT2D eigenvalue weighted by Gasteiger charge is -2.21. The molecule has 1 rings (SSSR count). The Hall–Kier alpha value is 0.190. The van der Waals surface area contributed by atoms with Gasteiger partial charge in [-0.25, -0.2) is 0 Å². The third-order valence-electron chi connectivity index (χ3n) is 1.87. The van der Waals surface area contributed by atoms with Gasteiger partial charge in [0.1, 0.15) is 0 Å². The molecule has 0 bridgehead atoms. The Balaban J connectivity index is 2.51. The van der Waals surface area contributed by atoms with E-state index in [1.807, 2.05) is 11.8 Å². The molecule has 0 aliphatic carbocycles. The predicted octanol–water partition coefficient (Wildman–Crippen LogP) is 2.10. The minimum Gasteiger partial charge on any atom is -0.198 e. The normalized spacial score (nSPS) is 32.0. The Morgan fingerprint density at radius 3 is 2.90 bits per heavy atom. The number of nitriles is 1. The molecule has 56 valence electrons. The third-order valence-corrected chi connectivity index (χ3v) is 4.29. The minimum absolute atomic E-state index is 0.206. The fourth-order valence-corrected chi connectivity index (χ4v) is 3.03. The van der Waals surface area contributed by atoms with Gasteiger partial charge in [-0.1, -0.05) is 0 Å². The maximum atomic E-state index is 8.53. The van der Waals surface area contributed by atoms with Gasteiger partial charge in [0.2, 0.25) is 0 Å². The highest BCUT2D eigenvalue weighted by atomic mass is 32.2. The second-order valence-corrected chi connectivity index (χ2v) is 4.51. The van der Waals surface area contributed by atoms with E-state index in [1.54, 1.807) is 0 Å². The molecule has 1 atom stereocenters. The maximum absolute atomic E-state index is 8.53. The number of hydrogen-bond donors (Lipinski definition) is 1. The van der Waals surface area contributed by atoms with E-state index in [-0.39, 0.29) is 4.75 Å².